The minimum absolute atomic E-state index is 0.330. The number of rotatable bonds is 6. The summed E-state index contributed by atoms with van der Waals surface area (Å²) in [6.45, 7) is 1.75. The summed E-state index contributed by atoms with van der Waals surface area (Å²) < 4.78 is 32.4. The number of hydrogen-bond acceptors (Lipinski definition) is 5. The summed E-state index contributed by atoms with van der Waals surface area (Å²) in [4.78, 5) is 13.9. The first-order chi connectivity index (χ1) is 14.4. The predicted octanol–water partition coefficient (Wildman–Crippen LogP) is 1.30. The van der Waals surface area contributed by atoms with Crippen LogP contribution >= 0.6 is 0 Å². The molecule has 0 aromatic heterocycles. The molecule has 30 heavy (non-hydrogen) atoms. The largest absolute Gasteiger partial charge is 0.497 e. The smallest absolute Gasteiger partial charge is 0.233 e. The van der Waals surface area contributed by atoms with Crippen molar-refractivity contribution in [3.8, 4) is 17.6 Å². The maximum Gasteiger partial charge on any atom is 0.233 e. The normalized spacial score (nSPS) is 15.7. The molecule has 2 N–H and O–H groups in total. The van der Waals surface area contributed by atoms with Gasteiger partial charge in [0.1, 0.15) is 11.7 Å². The van der Waals surface area contributed by atoms with E-state index in [2.05, 4.69) is 16.7 Å². The average Bonchev–Trinajstić information content (AvgIpc) is 2.77. The molecule has 1 amide bonds. The third-order valence-corrected chi connectivity index (χ3v) is 6.84. The maximum atomic E-state index is 12.9. The van der Waals surface area contributed by atoms with E-state index in [1.807, 2.05) is 42.5 Å². The lowest BCUT2D eigenvalue weighted by atomic mass is 10.1. The number of carbonyl (C=O) groups excluding carboxylic acids is 1. The van der Waals surface area contributed by atoms with Crippen LogP contribution < -0.4 is 15.4 Å². The van der Waals surface area contributed by atoms with Gasteiger partial charge in [-0.3, -0.25) is 4.79 Å². The molecule has 0 bridgehead atoms. The minimum Gasteiger partial charge on any atom is -0.497 e. The monoisotopic (exact) mass is 427 g/mol. The minimum atomic E-state index is -3.67. The highest BCUT2D eigenvalue weighted by molar-refractivity contribution is 7.89. The van der Waals surface area contributed by atoms with E-state index >= 15 is 0 Å². The van der Waals surface area contributed by atoms with Gasteiger partial charge < -0.3 is 15.4 Å². The van der Waals surface area contributed by atoms with Gasteiger partial charge in [-0.05, 0) is 24.3 Å². The van der Waals surface area contributed by atoms with Crippen LogP contribution in [0.4, 0.5) is 5.69 Å². The Morgan fingerprint density at radius 3 is 2.43 bits per heavy atom. The topological polar surface area (TPSA) is 92.9 Å². The lowest BCUT2D eigenvalue weighted by molar-refractivity contribution is -0.119. The second kappa shape index (κ2) is 9.65. The zero-order valence-electron chi connectivity index (χ0n) is 16.8. The second-order valence-electron chi connectivity index (χ2n) is 6.96. The predicted molar refractivity (Wildman–Crippen MR) is 117 cm³/mol. The molecule has 8 heteroatoms. The van der Waals surface area contributed by atoms with Crippen molar-refractivity contribution in [2.24, 2.45) is 11.7 Å². The van der Waals surface area contributed by atoms with Gasteiger partial charge in [-0.2, -0.15) is 4.31 Å². The van der Waals surface area contributed by atoms with E-state index in [0.29, 0.717) is 31.7 Å². The fourth-order valence-electron chi connectivity index (χ4n) is 3.23. The Balaban J connectivity index is 1.65. The third-order valence-electron chi connectivity index (χ3n) is 4.94. The molecule has 2 aromatic rings. The van der Waals surface area contributed by atoms with E-state index in [9.17, 15) is 13.2 Å². The number of sulfonamides is 1. The van der Waals surface area contributed by atoms with Gasteiger partial charge in [0.25, 0.3) is 0 Å². The van der Waals surface area contributed by atoms with Crippen molar-refractivity contribution in [3.05, 3.63) is 60.2 Å². The quantitative estimate of drug-likeness (QED) is 0.702. The summed E-state index contributed by atoms with van der Waals surface area (Å²) >= 11 is 0. The van der Waals surface area contributed by atoms with Crippen LogP contribution in [0.25, 0.3) is 0 Å². The van der Waals surface area contributed by atoms with Gasteiger partial charge in [0, 0.05) is 43.5 Å². The number of methoxy groups -OCH3 is 1. The van der Waals surface area contributed by atoms with Crippen LogP contribution in [0.5, 0.6) is 5.75 Å². The number of primary amides is 1. The van der Waals surface area contributed by atoms with Crippen molar-refractivity contribution in [2.45, 2.75) is 0 Å². The number of nitrogens with two attached hydrogens (primary N) is 1. The summed E-state index contributed by atoms with van der Waals surface area (Å²) in [7, 11) is -2.06. The number of anilines is 1. The average molecular weight is 428 g/mol. The van der Waals surface area contributed by atoms with Crippen molar-refractivity contribution in [2.75, 3.05) is 43.9 Å². The first-order valence-corrected chi connectivity index (χ1v) is 11.2. The van der Waals surface area contributed by atoms with Crippen molar-refractivity contribution < 1.29 is 17.9 Å². The van der Waals surface area contributed by atoms with Gasteiger partial charge in [-0.15, -0.1) is 0 Å². The van der Waals surface area contributed by atoms with Crippen molar-refractivity contribution in [3.63, 3.8) is 0 Å². The zero-order valence-corrected chi connectivity index (χ0v) is 17.6. The van der Waals surface area contributed by atoms with Gasteiger partial charge in [0.15, 0.2) is 0 Å². The highest BCUT2D eigenvalue weighted by Gasteiger charge is 2.31. The Kier molecular flexibility index (Phi) is 6.98. The molecule has 1 heterocycles. The summed E-state index contributed by atoms with van der Waals surface area (Å²) in [6.07, 6.45) is 0. The molecule has 1 aliphatic rings. The molecular formula is C22H25N3O4S. The highest BCUT2D eigenvalue weighted by Crippen LogP contribution is 2.23. The van der Waals surface area contributed by atoms with Gasteiger partial charge in [0.2, 0.25) is 15.9 Å². The zero-order chi connectivity index (χ0) is 21.6. The van der Waals surface area contributed by atoms with E-state index in [-0.39, 0.29) is 0 Å². The summed E-state index contributed by atoms with van der Waals surface area (Å²) in [5.41, 5.74) is 7.10. The Morgan fingerprint density at radius 1 is 1.10 bits per heavy atom. The van der Waals surface area contributed by atoms with Crippen LogP contribution in [0.3, 0.4) is 0 Å². The summed E-state index contributed by atoms with van der Waals surface area (Å²) in [6, 6.07) is 16.7. The molecule has 158 valence electrons. The molecule has 1 saturated heterocycles. The lowest BCUT2D eigenvalue weighted by Gasteiger charge is -2.35. The van der Waals surface area contributed by atoms with E-state index in [0.717, 1.165) is 11.4 Å². The van der Waals surface area contributed by atoms with Gasteiger partial charge in [-0.25, -0.2) is 8.42 Å². The van der Waals surface area contributed by atoms with Crippen LogP contribution in [0, 0.1) is 17.8 Å². The highest BCUT2D eigenvalue weighted by atomic mass is 32.2. The Morgan fingerprint density at radius 2 is 1.80 bits per heavy atom. The summed E-state index contributed by atoms with van der Waals surface area (Å²) in [5.74, 6) is 4.10. The molecule has 0 saturated carbocycles. The Bertz CT molecular complexity index is 1040. The van der Waals surface area contributed by atoms with Crippen LogP contribution in [0.2, 0.25) is 0 Å². The van der Waals surface area contributed by atoms with Gasteiger partial charge in [-0.1, -0.05) is 36.1 Å². The van der Waals surface area contributed by atoms with Crippen LogP contribution in [-0.4, -0.2) is 57.7 Å². The fraction of sp³-hybridized carbons (Fsp3) is 0.318. The molecule has 0 spiro atoms. The van der Waals surface area contributed by atoms with Crippen LogP contribution in [0.1, 0.15) is 5.56 Å². The molecule has 7 nitrogen and oxygen atoms in total. The molecule has 0 radical (unpaired) electrons. The first kappa shape index (κ1) is 21.7. The molecule has 1 fully saturated rings. The van der Waals surface area contributed by atoms with Crippen LogP contribution in [0.15, 0.2) is 54.6 Å². The van der Waals surface area contributed by atoms with Gasteiger partial charge in [0.05, 0.1) is 12.9 Å². The Hall–Kier alpha value is -3.02. The second-order valence-corrected chi connectivity index (χ2v) is 8.97. The van der Waals surface area contributed by atoms with E-state index < -0.39 is 27.6 Å². The standard InChI is InChI=1S/C22H25N3O4S/c1-29-21-9-5-8-20(16-21)24-12-14-25(15-13-24)30(27,28)17-19(22(23)26)11-10-18-6-3-2-4-7-18/h2-9,16,19H,12-15,17H2,1H3,(H2,23,26). The van der Waals surface area contributed by atoms with Crippen LogP contribution in [-0.2, 0) is 14.8 Å². The fourth-order valence-corrected chi connectivity index (χ4v) is 4.83. The molecule has 1 atom stereocenters. The lowest BCUT2D eigenvalue weighted by Crippen LogP contribution is -2.50. The SMILES string of the molecule is COc1cccc(N2CCN(S(=O)(=O)CC(C#Cc3ccccc3)C(N)=O)CC2)c1. The first-order valence-electron chi connectivity index (χ1n) is 9.62. The number of benzene rings is 2. The molecular weight excluding hydrogens is 402 g/mol. The van der Waals surface area contributed by atoms with E-state index in [1.54, 1.807) is 19.2 Å². The molecule has 1 aliphatic heterocycles. The summed E-state index contributed by atoms with van der Waals surface area (Å²) in [5, 5.41) is 0. The Labute approximate surface area is 177 Å². The number of amides is 1. The molecule has 3 rings (SSSR count). The molecule has 2 aromatic carbocycles. The number of ether oxygens (including phenoxy) is 1. The number of piperazine rings is 1. The third kappa shape index (κ3) is 5.53. The van der Waals surface area contributed by atoms with Crippen molar-refractivity contribution >= 4 is 21.6 Å². The number of nitrogens with zero attached hydrogens (tertiary/aromatic N) is 2. The molecule has 1 unspecified atom stereocenters. The van der Waals surface area contributed by atoms with Gasteiger partial charge >= 0.3 is 0 Å². The van der Waals surface area contributed by atoms with E-state index in [4.69, 9.17) is 10.5 Å². The number of hydrogen-bond donors (Lipinski definition) is 1. The van der Waals surface area contributed by atoms with Crippen molar-refractivity contribution in [1.29, 1.82) is 0 Å². The van der Waals surface area contributed by atoms with Crippen molar-refractivity contribution in [1.82, 2.24) is 4.31 Å². The van der Waals surface area contributed by atoms with E-state index in [1.165, 1.54) is 4.31 Å². The maximum absolute atomic E-state index is 12.9. The number of carbonyl (C=O) groups is 1. The molecule has 0 aliphatic carbocycles.